The molecule has 2 nitrogen and oxygen atoms in total. The van der Waals surface area contributed by atoms with Crippen molar-refractivity contribution in [1.82, 2.24) is 0 Å². The predicted octanol–water partition coefficient (Wildman–Crippen LogP) is -0.00780. The molecule has 3 atom stereocenters. The zero-order chi connectivity index (χ0) is 12.6. The van der Waals surface area contributed by atoms with Crippen LogP contribution in [0, 0.1) is 11.8 Å². The molecule has 3 aliphatic rings. The van der Waals surface area contributed by atoms with Gasteiger partial charge in [0.2, 0.25) is 0 Å². The Morgan fingerprint density at radius 1 is 1.26 bits per heavy atom. The molecule has 0 aromatic heterocycles. The summed E-state index contributed by atoms with van der Waals surface area (Å²) in [7, 11) is 2.44. The van der Waals surface area contributed by atoms with Crippen LogP contribution in [-0.4, -0.2) is 43.9 Å². The molecule has 1 unspecified atom stereocenters. The van der Waals surface area contributed by atoms with E-state index in [9.17, 15) is 0 Å². The SMILES string of the molecule is CC1=CC[C@H]2COC(C[N+]3(C)CCCCC3)[C@@H]1C2.[I-]. The van der Waals surface area contributed by atoms with Crippen molar-refractivity contribution in [3.05, 3.63) is 11.6 Å². The number of rotatable bonds is 2. The molecule has 1 aliphatic carbocycles. The minimum absolute atomic E-state index is 0. The van der Waals surface area contributed by atoms with Crippen LogP contribution >= 0.6 is 0 Å². The molecule has 19 heavy (non-hydrogen) atoms. The Morgan fingerprint density at radius 2 is 2.00 bits per heavy atom. The fourth-order valence-corrected chi connectivity index (χ4v) is 4.17. The second kappa shape index (κ2) is 6.44. The lowest BCUT2D eigenvalue weighted by Gasteiger charge is -2.45. The van der Waals surface area contributed by atoms with Gasteiger partial charge >= 0.3 is 0 Å². The van der Waals surface area contributed by atoms with Crippen LogP contribution in [0.15, 0.2) is 11.6 Å². The van der Waals surface area contributed by atoms with Gasteiger partial charge in [-0.3, -0.25) is 0 Å². The minimum atomic E-state index is 0. The van der Waals surface area contributed by atoms with E-state index in [0.29, 0.717) is 6.10 Å². The van der Waals surface area contributed by atoms with E-state index in [2.05, 4.69) is 20.0 Å². The zero-order valence-electron chi connectivity index (χ0n) is 12.4. The largest absolute Gasteiger partial charge is 1.00 e. The number of halogens is 1. The highest BCUT2D eigenvalue weighted by Gasteiger charge is 2.39. The van der Waals surface area contributed by atoms with E-state index in [4.69, 9.17) is 4.74 Å². The fraction of sp³-hybridized carbons (Fsp3) is 0.875. The Hall–Kier alpha value is 0.390. The van der Waals surface area contributed by atoms with E-state index < -0.39 is 0 Å². The van der Waals surface area contributed by atoms with Crippen LogP contribution in [0.25, 0.3) is 0 Å². The summed E-state index contributed by atoms with van der Waals surface area (Å²) in [5, 5.41) is 0. The van der Waals surface area contributed by atoms with Crippen molar-refractivity contribution in [2.24, 2.45) is 11.8 Å². The summed E-state index contributed by atoms with van der Waals surface area (Å²) < 4.78 is 7.48. The van der Waals surface area contributed by atoms with Crippen LogP contribution in [0.2, 0.25) is 0 Å². The van der Waals surface area contributed by atoms with Gasteiger partial charge in [-0.1, -0.05) is 11.6 Å². The number of hydrogen-bond donors (Lipinski definition) is 0. The Labute approximate surface area is 135 Å². The quantitative estimate of drug-likeness (QED) is 0.374. The standard InChI is InChI=1S/C16H28NO.HI/c1-13-6-7-14-10-15(13)16(18-12-14)11-17(2)8-4-3-5-9-17;/h6,14-16H,3-5,7-12H2,1-2H3;1H/q+1;/p-1/t14-,15-,16?;/m1./s1. The average Bonchev–Trinajstić information content (AvgIpc) is 2.37. The van der Waals surface area contributed by atoms with E-state index >= 15 is 0 Å². The minimum Gasteiger partial charge on any atom is -1.00 e. The number of allylic oxidation sites excluding steroid dienone is 1. The maximum Gasteiger partial charge on any atom is 0.113 e. The first-order chi connectivity index (χ1) is 8.66. The molecule has 0 radical (unpaired) electrons. The zero-order valence-corrected chi connectivity index (χ0v) is 14.6. The van der Waals surface area contributed by atoms with Gasteiger partial charge in [0.25, 0.3) is 0 Å². The van der Waals surface area contributed by atoms with Crippen LogP contribution in [-0.2, 0) is 4.74 Å². The van der Waals surface area contributed by atoms with Crippen molar-refractivity contribution < 1.29 is 33.2 Å². The third-order valence-electron chi connectivity index (χ3n) is 5.46. The van der Waals surface area contributed by atoms with Crippen LogP contribution in [0.5, 0.6) is 0 Å². The van der Waals surface area contributed by atoms with Crippen LogP contribution < -0.4 is 24.0 Å². The van der Waals surface area contributed by atoms with Gasteiger partial charge in [0.15, 0.2) is 0 Å². The maximum atomic E-state index is 6.23. The average molecular weight is 377 g/mol. The number of nitrogens with zero attached hydrogens (tertiary/aromatic N) is 1. The van der Waals surface area contributed by atoms with Crippen LogP contribution in [0.1, 0.15) is 39.0 Å². The predicted molar refractivity (Wildman–Crippen MR) is 74.3 cm³/mol. The van der Waals surface area contributed by atoms with Crippen molar-refractivity contribution >= 4 is 0 Å². The molecule has 0 saturated carbocycles. The third-order valence-corrected chi connectivity index (χ3v) is 5.46. The van der Waals surface area contributed by atoms with Gasteiger partial charge in [-0.05, 0) is 44.9 Å². The molecule has 2 heterocycles. The third kappa shape index (κ3) is 3.53. The van der Waals surface area contributed by atoms with Gasteiger partial charge < -0.3 is 33.2 Å². The first-order valence-corrected chi connectivity index (χ1v) is 7.78. The van der Waals surface area contributed by atoms with Crippen LogP contribution in [0.4, 0.5) is 0 Å². The van der Waals surface area contributed by atoms with Crippen molar-refractivity contribution in [1.29, 1.82) is 0 Å². The molecule has 0 N–H and O–H groups in total. The highest BCUT2D eigenvalue weighted by atomic mass is 127. The van der Waals surface area contributed by atoms with Gasteiger partial charge in [-0.25, -0.2) is 0 Å². The fourth-order valence-electron chi connectivity index (χ4n) is 4.17. The van der Waals surface area contributed by atoms with E-state index in [1.54, 1.807) is 5.57 Å². The van der Waals surface area contributed by atoms with E-state index in [1.807, 2.05) is 0 Å². The van der Waals surface area contributed by atoms with Gasteiger partial charge in [0.1, 0.15) is 12.6 Å². The smallest absolute Gasteiger partial charge is 0.113 e. The molecular weight excluding hydrogens is 349 g/mol. The Balaban J connectivity index is 0.00000133. The molecule has 3 heteroatoms. The number of likely N-dealkylation sites (N-methyl/N-ethyl adjacent to an activating group) is 1. The summed E-state index contributed by atoms with van der Waals surface area (Å²) >= 11 is 0. The van der Waals surface area contributed by atoms with Crippen LogP contribution in [0.3, 0.4) is 0 Å². The number of piperidine rings is 1. The molecular formula is C16H28INO. The molecule has 2 saturated heterocycles. The molecule has 2 fully saturated rings. The Morgan fingerprint density at radius 3 is 2.74 bits per heavy atom. The van der Waals surface area contributed by atoms with E-state index in [1.165, 1.54) is 56.2 Å². The van der Waals surface area contributed by atoms with Gasteiger partial charge in [0.05, 0.1) is 26.7 Å². The Bertz CT molecular complexity index is 336. The number of hydrogen-bond acceptors (Lipinski definition) is 1. The lowest BCUT2D eigenvalue weighted by molar-refractivity contribution is -0.917. The molecule has 0 aromatic rings. The number of fused-ring (bicyclic) bond motifs is 2. The summed E-state index contributed by atoms with van der Waals surface area (Å²) in [5.74, 6) is 1.52. The van der Waals surface area contributed by atoms with Gasteiger partial charge in [0, 0.05) is 5.92 Å². The number of ether oxygens (including phenoxy) is 1. The molecule has 2 aliphatic heterocycles. The monoisotopic (exact) mass is 377 g/mol. The molecule has 0 spiro atoms. The second-order valence-electron chi connectivity index (χ2n) is 7.07. The Kier molecular flexibility index (Phi) is 5.34. The summed E-state index contributed by atoms with van der Waals surface area (Å²) in [6, 6.07) is 0. The second-order valence-corrected chi connectivity index (χ2v) is 7.07. The van der Waals surface area contributed by atoms with Crippen molar-refractivity contribution in [3.63, 3.8) is 0 Å². The van der Waals surface area contributed by atoms with E-state index in [-0.39, 0.29) is 24.0 Å². The highest BCUT2D eigenvalue weighted by Crippen LogP contribution is 2.38. The highest BCUT2D eigenvalue weighted by molar-refractivity contribution is 5.12. The topological polar surface area (TPSA) is 9.23 Å². The van der Waals surface area contributed by atoms with E-state index in [0.717, 1.165) is 18.4 Å². The summed E-state index contributed by atoms with van der Waals surface area (Å²) in [6.45, 7) is 7.28. The first kappa shape index (κ1) is 15.8. The summed E-state index contributed by atoms with van der Waals surface area (Å²) in [6.07, 6.45) is 9.85. The lowest BCUT2D eigenvalue weighted by Crippen LogP contribution is -3.00. The number of likely N-dealkylation sites (tertiary alicyclic amines) is 1. The molecule has 2 bridgehead atoms. The summed E-state index contributed by atoms with van der Waals surface area (Å²) in [5.41, 5.74) is 1.60. The molecule has 110 valence electrons. The van der Waals surface area contributed by atoms with Crippen molar-refractivity contribution in [3.8, 4) is 0 Å². The summed E-state index contributed by atoms with van der Waals surface area (Å²) in [4.78, 5) is 0. The maximum absolute atomic E-state index is 6.23. The van der Waals surface area contributed by atoms with Crippen molar-refractivity contribution in [2.75, 3.05) is 33.3 Å². The molecule has 3 rings (SSSR count). The van der Waals surface area contributed by atoms with Crippen molar-refractivity contribution in [2.45, 2.75) is 45.1 Å². The first-order valence-electron chi connectivity index (χ1n) is 7.78. The van der Waals surface area contributed by atoms with Gasteiger partial charge in [-0.15, -0.1) is 0 Å². The number of quaternary nitrogens is 1. The lowest BCUT2D eigenvalue weighted by atomic mass is 9.76. The normalized spacial score (nSPS) is 37.2. The van der Waals surface area contributed by atoms with Gasteiger partial charge in [-0.2, -0.15) is 0 Å². The molecule has 0 amide bonds. The molecule has 0 aromatic carbocycles.